The molecule has 35 heavy (non-hydrogen) atoms. The summed E-state index contributed by atoms with van der Waals surface area (Å²) < 4.78 is 20.1. The van der Waals surface area contributed by atoms with E-state index in [1.807, 2.05) is 30.3 Å². The summed E-state index contributed by atoms with van der Waals surface area (Å²) in [5, 5.41) is 1.98. The van der Waals surface area contributed by atoms with Crippen LogP contribution in [0.5, 0.6) is 0 Å². The Morgan fingerprint density at radius 2 is 1.71 bits per heavy atom. The SMILES string of the molecule is CC(=O)N1CCC(C(=O)OCc2csc(N(C(C)=O)c3ccccc3F)n2)(c2ccccc2)CC1. The number of ether oxygens (including phenoxy) is 1. The lowest BCUT2D eigenvalue weighted by atomic mass is 9.72. The van der Waals surface area contributed by atoms with E-state index in [9.17, 15) is 18.8 Å². The van der Waals surface area contributed by atoms with Gasteiger partial charge >= 0.3 is 5.97 Å². The summed E-state index contributed by atoms with van der Waals surface area (Å²) in [6.45, 7) is 3.72. The van der Waals surface area contributed by atoms with Gasteiger partial charge in [-0.25, -0.2) is 9.37 Å². The van der Waals surface area contributed by atoms with E-state index in [1.54, 1.807) is 22.4 Å². The molecule has 1 aliphatic heterocycles. The average molecular weight is 496 g/mol. The Kier molecular flexibility index (Phi) is 7.25. The van der Waals surface area contributed by atoms with Crippen molar-refractivity contribution in [2.45, 2.75) is 38.7 Å². The average Bonchev–Trinajstić information content (AvgIpc) is 3.32. The van der Waals surface area contributed by atoms with Crippen LogP contribution in [0.25, 0.3) is 0 Å². The molecule has 182 valence electrons. The minimum absolute atomic E-state index is 0.0140. The normalized spacial score (nSPS) is 14.9. The van der Waals surface area contributed by atoms with Gasteiger partial charge in [-0.1, -0.05) is 42.5 Å². The minimum atomic E-state index is -0.856. The molecule has 0 unspecified atom stereocenters. The van der Waals surface area contributed by atoms with Crippen LogP contribution in [0.1, 0.15) is 37.9 Å². The van der Waals surface area contributed by atoms with E-state index in [4.69, 9.17) is 4.74 Å². The van der Waals surface area contributed by atoms with E-state index in [0.717, 1.165) is 5.56 Å². The van der Waals surface area contributed by atoms with Gasteiger partial charge in [-0.3, -0.25) is 19.3 Å². The van der Waals surface area contributed by atoms with Gasteiger partial charge in [-0.15, -0.1) is 11.3 Å². The van der Waals surface area contributed by atoms with Crippen molar-refractivity contribution in [1.29, 1.82) is 0 Å². The summed E-state index contributed by atoms with van der Waals surface area (Å²) in [6, 6.07) is 15.5. The molecular formula is C26H26FN3O4S. The van der Waals surface area contributed by atoms with Crippen LogP contribution in [0.3, 0.4) is 0 Å². The third-order valence-electron chi connectivity index (χ3n) is 6.27. The van der Waals surface area contributed by atoms with Gasteiger partial charge in [0.25, 0.3) is 0 Å². The second kappa shape index (κ2) is 10.4. The van der Waals surface area contributed by atoms with Crippen molar-refractivity contribution in [3.05, 3.63) is 77.1 Å². The number of carbonyl (C=O) groups is 3. The fourth-order valence-corrected chi connectivity index (χ4v) is 5.22. The van der Waals surface area contributed by atoms with E-state index in [-0.39, 0.29) is 30.1 Å². The lowest BCUT2D eigenvalue weighted by molar-refractivity contribution is -0.155. The smallest absolute Gasteiger partial charge is 0.317 e. The molecule has 0 aliphatic carbocycles. The number of piperidine rings is 1. The molecule has 0 bridgehead atoms. The van der Waals surface area contributed by atoms with E-state index in [1.165, 1.54) is 42.2 Å². The molecule has 1 fully saturated rings. The molecule has 2 aromatic carbocycles. The molecule has 3 aromatic rings. The molecule has 0 N–H and O–H groups in total. The van der Waals surface area contributed by atoms with Crippen LogP contribution in [-0.2, 0) is 31.1 Å². The summed E-state index contributed by atoms with van der Waals surface area (Å²) >= 11 is 1.17. The molecule has 0 spiro atoms. The van der Waals surface area contributed by atoms with E-state index in [2.05, 4.69) is 4.98 Å². The maximum Gasteiger partial charge on any atom is 0.317 e. The zero-order valence-electron chi connectivity index (χ0n) is 19.6. The Bertz CT molecular complexity index is 1220. The molecule has 0 radical (unpaired) electrons. The van der Waals surface area contributed by atoms with Crippen molar-refractivity contribution in [2.24, 2.45) is 0 Å². The van der Waals surface area contributed by atoms with Crippen LogP contribution in [0, 0.1) is 5.82 Å². The Morgan fingerprint density at radius 1 is 1.06 bits per heavy atom. The van der Waals surface area contributed by atoms with Gasteiger partial charge in [0.05, 0.1) is 16.8 Å². The Hall–Kier alpha value is -3.59. The number of rotatable bonds is 6. The Morgan fingerprint density at radius 3 is 2.34 bits per heavy atom. The van der Waals surface area contributed by atoms with Crippen LogP contribution in [-0.4, -0.2) is 40.8 Å². The number of thiazole rings is 1. The fourth-order valence-electron chi connectivity index (χ4n) is 4.35. The highest BCUT2D eigenvalue weighted by molar-refractivity contribution is 7.14. The first-order valence-corrected chi connectivity index (χ1v) is 12.2. The Labute approximate surface area is 207 Å². The highest BCUT2D eigenvalue weighted by atomic mass is 32.1. The van der Waals surface area contributed by atoms with Gasteiger partial charge in [-0.2, -0.15) is 0 Å². The number of likely N-dealkylation sites (tertiary alicyclic amines) is 1. The number of carbonyl (C=O) groups excluding carboxylic acids is 3. The predicted octanol–water partition coefficient (Wildman–Crippen LogP) is 4.59. The van der Waals surface area contributed by atoms with Crippen molar-refractivity contribution in [1.82, 2.24) is 9.88 Å². The summed E-state index contributed by atoms with van der Waals surface area (Å²) in [5.41, 5.74) is 0.572. The highest BCUT2D eigenvalue weighted by Crippen LogP contribution is 2.37. The van der Waals surface area contributed by atoms with Crippen LogP contribution in [0.2, 0.25) is 0 Å². The number of nitrogens with zero attached hydrogens (tertiary/aromatic N) is 3. The van der Waals surface area contributed by atoms with Crippen LogP contribution < -0.4 is 4.90 Å². The van der Waals surface area contributed by atoms with Gasteiger partial charge in [-0.05, 0) is 30.5 Å². The first-order valence-electron chi connectivity index (χ1n) is 11.3. The van der Waals surface area contributed by atoms with Crippen LogP contribution in [0.4, 0.5) is 15.2 Å². The number of hydrogen-bond donors (Lipinski definition) is 0. The standard InChI is InChI=1S/C26H26FN3O4S/c1-18(31)29-14-12-26(13-15-29,20-8-4-3-5-9-20)24(33)34-16-21-17-35-25(28-21)30(19(2)32)23-11-7-6-10-22(23)27/h3-11,17H,12-16H2,1-2H3. The quantitative estimate of drug-likeness (QED) is 0.468. The molecule has 0 atom stereocenters. The zero-order chi connectivity index (χ0) is 25.0. The largest absolute Gasteiger partial charge is 0.458 e. The Balaban J connectivity index is 1.52. The first-order chi connectivity index (χ1) is 16.8. The molecule has 4 rings (SSSR count). The molecule has 0 saturated carbocycles. The molecule has 9 heteroatoms. The topological polar surface area (TPSA) is 79.8 Å². The third-order valence-corrected chi connectivity index (χ3v) is 7.14. The number of hydrogen-bond acceptors (Lipinski definition) is 6. The van der Waals surface area contributed by atoms with Crippen molar-refractivity contribution in [2.75, 3.05) is 18.0 Å². The minimum Gasteiger partial charge on any atom is -0.458 e. The van der Waals surface area contributed by atoms with Crippen LogP contribution >= 0.6 is 11.3 Å². The van der Waals surface area contributed by atoms with E-state index in [0.29, 0.717) is 36.8 Å². The summed E-state index contributed by atoms with van der Waals surface area (Å²) in [4.78, 5) is 44.9. The number of benzene rings is 2. The van der Waals surface area contributed by atoms with Gasteiger partial charge in [0, 0.05) is 32.3 Å². The zero-order valence-corrected chi connectivity index (χ0v) is 20.4. The van der Waals surface area contributed by atoms with Gasteiger partial charge in [0.15, 0.2) is 5.13 Å². The van der Waals surface area contributed by atoms with Crippen molar-refractivity contribution < 1.29 is 23.5 Å². The monoisotopic (exact) mass is 495 g/mol. The second-order valence-corrected chi connectivity index (χ2v) is 9.29. The molecule has 7 nitrogen and oxygen atoms in total. The molecule has 1 saturated heterocycles. The lowest BCUT2D eigenvalue weighted by Crippen LogP contribution is -2.49. The number of anilines is 2. The number of aromatic nitrogens is 1. The number of para-hydroxylation sites is 1. The van der Waals surface area contributed by atoms with E-state index >= 15 is 0 Å². The molecule has 2 amide bonds. The lowest BCUT2D eigenvalue weighted by Gasteiger charge is -2.40. The van der Waals surface area contributed by atoms with Crippen molar-refractivity contribution in [3.8, 4) is 0 Å². The number of esters is 1. The molecule has 1 aliphatic rings. The maximum absolute atomic E-state index is 14.3. The fraction of sp³-hybridized carbons (Fsp3) is 0.308. The number of halogens is 1. The first kappa shape index (κ1) is 24.5. The number of amides is 2. The summed E-state index contributed by atoms with van der Waals surface area (Å²) in [6.07, 6.45) is 0.923. The maximum atomic E-state index is 14.3. The third kappa shape index (κ3) is 5.09. The molecular weight excluding hydrogens is 469 g/mol. The highest BCUT2D eigenvalue weighted by Gasteiger charge is 2.44. The van der Waals surface area contributed by atoms with Gasteiger partial charge < -0.3 is 9.64 Å². The summed E-state index contributed by atoms with van der Waals surface area (Å²) in [5.74, 6) is -1.31. The molecule has 1 aromatic heterocycles. The predicted molar refractivity (Wildman–Crippen MR) is 131 cm³/mol. The van der Waals surface area contributed by atoms with Gasteiger partial charge in [0.1, 0.15) is 12.4 Å². The van der Waals surface area contributed by atoms with Crippen LogP contribution in [0.15, 0.2) is 60.0 Å². The summed E-state index contributed by atoms with van der Waals surface area (Å²) in [7, 11) is 0. The van der Waals surface area contributed by atoms with Gasteiger partial charge in [0.2, 0.25) is 11.8 Å². The van der Waals surface area contributed by atoms with Crippen molar-refractivity contribution >= 4 is 39.9 Å². The van der Waals surface area contributed by atoms with E-state index < -0.39 is 11.2 Å². The second-order valence-electron chi connectivity index (χ2n) is 8.46. The molecule has 2 heterocycles. The van der Waals surface area contributed by atoms with Crippen molar-refractivity contribution in [3.63, 3.8) is 0 Å².